The van der Waals surface area contributed by atoms with Crippen LogP contribution in [0, 0.1) is 0 Å². The van der Waals surface area contributed by atoms with Crippen LogP contribution in [-0.2, 0) is 6.42 Å². The molecule has 0 spiro atoms. The van der Waals surface area contributed by atoms with E-state index >= 15 is 0 Å². The number of hydrogen-bond donors (Lipinski definition) is 1. The molecule has 2 heteroatoms. The minimum Gasteiger partial charge on any atom is -0.255 e. The van der Waals surface area contributed by atoms with Crippen LogP contribution in [0.5, 0.6) is 0 Å². The largest absolute Gasteiger partial charge is 0.255 e. The van der Waals surface area contributed by atoms with Gasteiger partial charge in [-0.2, -0.15) is 0 Å². The van der Waals surface area contributed by atoms with Gasteiger partial charge in [-0.25, -0.2) is 5.01 Å². The van der Waals surface area contributed by atoms with Crippen molar-refractivity contribution in [2.45, 2.75) is 25.7 Å². The SMILES string of the molecule is c1ccc(CCN2CCCCCN2)cc1. The summed E-state index contributed by atoms with van der Waals surface area (Å²) in [5.74, 6) is 0. The third-order valence-corrected chi connectivity index (χ3v) is 2.95. The number of nitrogens with zero attached hydrogens (tertiary/aromatic N) is 1. The molecule has 1 fully saturated rings. The first-order chi connectivity index (χ1) is 7.45. The average molecular weight is 204 g/mol. The highest BCUT2D eigenvalue weighted by Crippen LogP contribution is 2.04. The summed E-state index contributed by atoms with van der Waals surface area (Å²) in [5.41, 5.74) is 4.92. The number of nitrogens with one attached hydrogen (secondary N) is 1. The lowest BCUT2D eigenvalue weighted by Gasteiger charge is -2.20. The molecule has 0 bridgehead atoms. The molecule has 1 aromatic rings. The third kappa shape index (κ3) is 3.65. The first-order valence-electron chi connectivity index (χ1n) is 5.97. The molecule has 0 aromatic heterocycles. The summed E-state index contributed by atoms with van der Waals surface area (Å²) in [6.45, 7) is 3.48. The average Bonchev–Trinajstić information content (AvgIpc) is 2.56. The van der Waals surface area contributed by atoms with Crippen molar-refractivity contribution in [2.24, 2.45) is 0 Å². The van der Waals surface area contributed by atoms with Crippen LogP contribution in [0.25, 0.3) is 0 Å². The molecule has 0 aliphatic carbocycles. The molecule has 1 saturated heterocycles. The minimum absolute atomic E-state index is 1.13. The summed E-state index contributed by atoms with van der Waals surface area (Å²) < 4.78 is 0. The molecule has 2 nitrogen and oxygen atoms in total. The predicted molar refractivity (Wildman–Crippen MR) is 63.6 cm³/mol. The monoisotopic (exact) mass is 204 g/mol. The Labute approximate surface area is 92.3 Å². The van der Waals surface area contributed by atoms with Crippen molar-refractivity contribution in [1.29, 1.82) is 0 Å². The number of hydrogen-bond acceptors (Lipinski definition) is 2. The van der Waals surface area contributed by atoms with Gasteiger partial charge in [-0.15, -0.1) is 0 Å². The predicted octanol–water partition coefficient (Wildman–Crippen LogP) is 2.22. The molecule has 0 saturated carbocycles. The van der Waals surface area contributed by atoms with E-state index in [4.69, 9.17) is 0 Å². The van der Waals surface area contributed by atoms with E-state index in [9.17, 15) is 0 Å². The molecular weight excluding hydrogens is 184 g/mol. The van der Waals surface area contributed by atoms with Crippen LogP contribution in [-0.4, -0.2) is 24.6 Å². The van der Waals surface area contributed by atoms with E-state index in [1.807, 2.05) is 0 Å². The second-order valence-corrected chi connectivity index (χ2v) is 4.19. The normalized spacial score (nSPS) is 18.7. The summed E-state index contributed by atoms with van der Waals surface area (Å²) in [6, 6.07) is 10.7. The maximum Gasteiger partial charge on any atom is 0.0171 e. The van der Waals surface area contributed by atoms with Crippen LogP contribution in [0.15, 0.2) is 30.3 Å². The molecule has 0 radical (unpaired) electrons. The van der Waals surface area contributed by atoms with Crippen molar-refractivity contribution in [1.82, 2.24) is 10.4 Å². The molecule has 1 heterocycles. The standard InChI is InChI=1S/C13H20N2/c1-3-7-13(8-4-1)9-12-15-11-6-2-5-10-14-15/h1,3-4,7-8,14H,2,5-6,9-12H2. The molecule has 82 valence electrons. The molecule has 1 aromatic carbocycles. The molecular formula is C13H20N2. The van der Waals surface area contributed by atoms with Gasteiger partial charge in [0.25, 0.3) is 0 Å². The lowest BCUT2D eigenvalue weighted by atomic mass is 10.1. The van der Waals surface area contributed by atoms with Crippen molar-refractivity contribution < 1.29 is 0 Å². The molecule has 1 aliphatic rings. The highest BCUT2D eigenvalue weighted by Gasteiger charge is 2.07. The summed E-state index contributed by atoms with van der Waals surface area (Å²) >= 11 is 0. The van der Waals surface area contributed by atoms with Gasteiger partial charge in [0.2, 0.25) is 0 Å². The van der Waals surface area contributed by atoms with Gasteiger partial charge < -0.3 is 0 Å². The molecule has 2 rings (SSSR count). The Hall–Kier alpha value is -0.860. The van der Waals surface area contributed by atoms with Crippen LogP contribution in [0.1, 0.15) is 24.8 Å². The third-order valence-electron chi connectivity index (χ3n) is 2.95. The van der Waals surface area contributed by atoms with Crippen molar-refractivity contribution in [3.05, 3.63) is 35.9 Å². The van der Waals surface area contributed by atoms with Gasteiger partial charge >= 0.3 is 0 Å². The Kier molecular flexibility index (Phi) is 4.18. The Bertz CT molecular complexity index is 263. The maximum absolute atomic E-state index is 3.49. The second kappa shape index (κ2) is 5.89. The molecule has 0 amide bonds. The van der Waals surface area contributed by atoms with Gasteiger partial charge in [0, 0.05) is 19.6 Å². The van der Waals surface area contributed by atoms with Crippen molar-refractivity contribution in [3.8, 4) is 0 Å². The zero-order valence-corrected chi connectivity index (χ0v) is 9.28. The number of benzene rings is 1. The van der Waals surface area contributed by atoms with Gasteiger partial charge in [-0.05, 0) is 24.8 Å². The quantitative estimate of drug-likeness (QED) is 0.812. The number of rotatable bonds is 3. The molecule has 1 N–H and O–H groups in total. The highest BCUT2D eigenvalue weighted by molar-refractivity contribution is 5.14. The fraction of sp³-hybridized carbons (Fsp3) is 0.538. The summed E-state index contributed by atoms with van der Waals surface area (Å²) in [5, 5.41) is 2.38. The number of hydrazine groups is 1. The van der Waals surface area contributed by atoms with Gasteiger partial charge in [0.05, 0.1) is 0 Å². The van der Waals surface area contributed by atoms with Crippen LogP contribution >= 0.6 is 0 Å². The molecule has 15 heavy (non-hydrogen) atoms. The van der Waals surface area contributed by atoms with Crippen molar-refractivity contribution in [3.63, 3.8) is 0 Å². The first-order valence-corrected chi connectivity index (χ1v) is 5.97. The van der Waals surface area contributed by atoms with Gasteiger partial charge in [0.1, 0.15) is 0 Å². The van der Waals surface area contributed by atoms with Crippen LogP contribution in [0.3, 0.4) is 0 Å². The van der Waals surface area contributed by atoms with E-state index in [1.165, 1.54) is 31.4 Å². The molecule has 0 atom stereocenters. The Balaban J connectivity index is 1.77. The lowest BCUT2D eigenvalue weighted by molar-refractivity contribution is 0.204. The Morgan fingerprint density at radius 2 is 1.93 bits per heavy atom. The van der Waals surface area contributed by atoms with Crippen LogP contribution in [0.4, 0.5) is 0 Å². The van der Waals surface area contributed by atoms with Gasteiger partial charge in [0.15, 0.2) is 0 Å². The van der Waals surface area contributed by atoms with E-state index in [1.54, 1.807) is 0 Å². The van der Waals surface area contributed by atoms with Crippen molar-refractivity contribution >= 4 is 0 Å². The fourth-order valence-electron chi connectivity index (χ4n) is 2.02. The smallest absolute Gasteiger partial charge is 0.0171 e. The Morgan fingerprint density at radius 3 is 2.80 bits per heavy atom. The van der Waals surface area contributed by atoms with Crippen LogP contribution < -0.4 is 5.43 Å². The summed E-state index contributed by atoms with van der Waals surface area (Å²) in [6.07, 6.45) is 5.17. The van der Waals surface area contributed by atoms with Crippen LogP contribution in [0.2, 0.25) is 0 Å². The zero-order valence-electron chi connectivity index (χ0n) is 9.28. The summed E-state index contributed by atoms with van der Waals surface area (Å²) in [4.78, 5) is 0. The highest BCUT2D eigenvalue weighted by atomic mass is 15.5. The van der Waals surface area contributed by atoms with E-state index < -0.39 is 0 Å². The topological polar surface area (TPSA) is 15.3 Å². The Morgan fingerprint density at radius 1 is 1.07 bits per heavy atom. The van der Waals surface area contributed by atoms with Gasteiger partial charge in [-0.1, -0.05) is 36.8 Å². The molecule has 1 aliphatic heterocycles. The van der Waals surface area contributed by atoms with Gasteiger partial charge in [-0.3, -0.25) is 5.43 Å². The lowest BCUT2D eigenvalue weighted by Crippen LogP contribution is -2.39. The van der Waals surface area contributed by atoms with Crippen molar-refractivity contribution in [2.75, 3.05) is 19.6 Å². The van der Waals surface area contributed by atoms with E-state index in [-0.39, 0.29) is 0 Å². The zero-order chi connectivity index (χ0) is 10.3. The fourth-order valence-corrected chi connectivity index (χ4v) is 2.02. The van der Waals surface area contributed by atoms with E-state index in [0.29, 0.717) is 0 Å². The first kappa shape index (κ1) is 10.7. The molecule has 0 unspecified atom stereocenters. The van der Waals surface area contributed by atoms with E-state index in [2.05, 4.69) is 40.8 Å². The second-order valence-electron chi connectivity index (χ2n) is 4.19. The minimum atomic E-state index is 1.13. The summed E-state index contributed by atoms with van der Waals surface area (Å²) in [7, 11) is 0. The maximum atomic E-state index is 3.49. The van der Waals surface area contributed by atoms with E-state index in [0.717, 1.165) is 19.5 Å².